The average Bonchev–Trinajstić information content (AvgIpc) is 2.08. The molecule has 0 spiro atoms. The molecule has 7 heteroatoms. The molecule has 0 aromatic carbocycles. The summed E-state index contributed by atoms with van der Waals surface area (Å²) < 4.78 is 30.2. The number of phosphoric ester groups is 1. The molecule has 6 nitrogen and oxygen atoms in total. The summed E-state index contributed by atoms with van der Waals surface area (Å²) >= 11 is 0. The maximum absolute atomic E-state index is 11.1. The average molecular weight is 242 g/mol. The number of rotatable bonds is 9. The molecule has 0 fully saturated rings. The number of methoxy groups -OCH3 is 1. The first-order valence-corrected chi connectivity index (χ1v) is 6.20. The molecule has 0 saturated heterocycles. The van der Waals surface area contributed by atoms with Crippen molar-refractivity contribution in [2.24, 2.45) is 0 Å². The standard InChI is InChI=1S/C8H19O6P/c1-8(2)14-15(9,10)13-7-6-12-5-4-11-3/h8H,4-7H2,1-3H3,(H,9,10). The minimum atomic E-state index is -3.92. The van der Waals surface area contributed by atoms with E-state index in [4.69, 9.17) is 14.4 Å². The molecular weight excluding hydrogens is 223 g/mol. The van der Waals surface area contributed by atoms with E-state index in [-0.39, 0.29) is 19.3 Å². The van der Waals surface area contributed by atoms with Crippen molar-refractivity contribution in [2.75, 3.05) is 33.5 Å². The summed E-state index contributed by atoms with van der Waals surface area (Å²) in [6, 6.07) is 0. The zero-order chi connectivity index (χ0) is 11.7. The third-order valence-electron chi connectivity index (χ3n) is 1.26. The van der Waals surface area contributed by atoms with E-state index in [0.717, 1.165) is 0 Å². The first kappa shape index (κ1) is 15.0. The Morgan fingerprint density at radius 1 is 1.20 bits per heavy atom. The lowest BCUT2D eigenvalue weighted by molar-refractivity contribution is 0.0415. The lowest BCUT2D eigenvalue weighted by Gasteiger charge is -2.14. The number of hydrogen-bond acceptors (Lipinski definition) is 5. The molecule has 0 aliphatic heterocycles. The molecule has 1 unspecified atom stereocenters. The van der Waals surface area contributed by atoms with Crippen molar-refractivity contribution in [1.82, 2.24) is 0 Å². The van der Waals surface area contributed by atoms with Gasteiger partial charge in [-0.05, 0) is 13.8 Å². The van der Waals surface area contributed by atoms with E-state index in [0.29, 0.717) is 13.2 Å². The van der Waals surface area contributed by atoms with Gasteiger partial charge >= 0.3 is 7.82 Å². The largest absolute Gasteiger partial charge is 0.472 e. The van der Waals surface area contributed by atoms with Crippen LogP contribution in [0.1, 0.15) is 13.8 Å². The highest BCUT2D eigenvalue weighted by atomic mass is 31.2. The van der Waals surface area contributed by atoms with Crippen molar-refractivity contribution in [3.05, 3.63) is 0 Å². The summed E-state index contributed by atoms with van der Waals surface area (Å²) in [5, 5.41) is 0. The van der Waals surface area contributed by atoms with E-state index in [1.54, 1.807) is 21.0 Å². The highest BCUT2D eigenvalue weighted by Gasteiger charge is 2.22. The van der Waals surface area contributed by atoms with Crippen LogP contribution in [0.25, 0.3) is 0 Å². The zero-order valence-corrected chi connectivity index (χ0v) is 10.2. The molecule has 15 heavy (non-hydrogen) atoms. The molecule has 0 amide bonds. The van der Waals surface area contributed by atoms with E-state index >= 15 is 0 Å². The molecule has 0 aromatic rings. The SMILES string of the molecule is COCCOCCOP(=O)(O)OC(C)C. The molecule has 0 aliphatic rings. The molecule has 92 valence electrons. The third-order valence-corrected chi connectivity index (χ3v) is 2.45. The van der Waals surface area contributed by atoms with Gasteiger partial charge in [0.25, 0.3) is 0 Å². The Kier molecular flexibility index (Phi) is 8.23. The van der Waals surface area contributed by atoms with Gasteiger partial charge in [-0.2, -0.15) is 0 Å². The first-order chi connectivity index (χ1) is 6.98. The fourth-order valence-corrected chi connectivity index (χ4v) is 1.65. The van der Waals surface area contributed by atoms with Gasteiger partial charge in [-0.25, -0.2) is 4.57 Å². The van der Waals surface area contributed by atoms with Crippen LogP contribution < -0.4 is 0 Å². The second-order valence-corrected chi connectivity index (χ2v) is 4.47. The number of ether oxygens (including phenoxy) is 2. The Labute approximate surface area is 90.1 Å². The predicted molar refractivity (Wildman–Crippen MR) is 54.7 cm³/mol. The van der Waals surface area contributed by atoms with Gasteiger partial charge in [-0.3, -0.25) is 9.05 Å². The van der Waals surface area contributed by atoms with E-state index in [9.17, 15) is 4.57 Å². The van der Waals surface area contributed by atoms with Gasteiger partial charge in [0.1, 0.15) is 0 Å². The van der Waals surface area contributed by atoms with Crippen molar-refractivity contribution in [3.8, 4) is 0 Å². The third kappa shape index (κ3) is 10.3. The van der Waals surface area contributed by atoms with E-state index in [1.807, 2.05) is 0 Å². The van der Waals surface area contributed by atoms with Crippen LogP contribution in [0.2, 0.25) is 0 Å². The Hall–Kier alpha value is 0.0300. The monoisotopic (exact) mass is 242 g/mol. The summed E-state index contributed by atoms with van der Waals surface area (Å²) in [5.41, 5.74) is 0. The second-order valence-electron chi connectivity index (χ2n) is 3.06. The predicted octanol–water partition coefficient (Wildman–Crippen LogP) is 1.19. The Morgan fingerprint density at radius 3 is 2.33 bits per heavy atom. The lowest BCUT2D eigenvalue weighted by Crippen LogP contribution is -2.09. The van der Waals surface area contributed by atoms with E-state index in [2.05, 4.69) is 9.05 Å². The van der Waals surface area contributed by atoms with Gasteiger partial charge in [0.05, 0.1) is 32.5 Å². The maximum Gasteiger partial charge on any atom is 0.472 e. The summed E-state index contributed by atoms with van der Waals surface area (Å²) in [6.45, 7) is 4.47. The summed E-state index contributed by atoms with van der Waals surface area (Å²) in [4.78, 5) is 9.12. The number of hydrogen-bond donors (Lipinski definition) is 1. The van der Waals surface area contributed by atoms with Crippen molar-refractivity contribution < 1.29 is 28.0 Å². The minimum Gasteiger partial charge on any atom is -0.382 e. The van der Waals surface area contributed by atoms with Crippen LogP contribution in [0.5, 0.6) is 0 Å². The molecular formula is C8H19O6P. The normalized spacial score (nSPS) is 15.5. The fraction of sp³-hybridized carbons (Fsp3) is 1.00. The smallest absolute Gasteiger partial charge is 0.382 e. The van der Waals surface area contributed by atoms with Crippen molar-refractivity contribution in [2.45, 2.75) is 20.0 Å². The Balaban J connectivity index is 3.45. The molecule has 0 bridgehead atoms. The van der Waals surface area contributed by atoms with E-state index in [1.165, 1.54) is 0 Å². The fourth-order valence-electron chi connectivity index (χ4n) is 0.753. The van der Waals surface area contributed by atoms with Crippen LogP contribution in [-0.4, -0.2) is 44.5 Å². The topological polar surface area (TPSA) is 74.2 Å². The highest BCUT2D eigenvalue weighted by molar-refractivity contribution is 7.47. The maximum atomic E-state index is 11.1. The molecule has 0 saturated carbocycles. The highest BCUT2D eigenvalue weighted by Crippen LogP contribution is 2.44. The van der Waals surface area contributed by atoms with Crippen LogP contribution in [0.3, 0.4) is 0 Å². The molecule has 1 N–H and O–H groups in total. The van der Waals surface area contributed by atoms with Gasteiger partial charge in [0.2, 0.25) is 0 Å². The van der Waals surface area contributed by atoms with Crippen LogP contribution in [-0.2, 0) is 23.1 Å². The number of phosphoric acid groups is 1. The lowest BCUT2D eigenvalue weighted by atomic mass is 10.5. The Bertz CT molecular complexity index is 196. The van der Waals surface area contributed by atoms with Gasteiger partial charge < -0.3 is 14.4 Å². The van der Waals surface area contributed by atoms with Crippen LogP contribution in [0, 0.1) is 0 Å². The first-order valence-electron chi connectivity index (χ1n) is 4.70. The summed E-state index contributed by atoms with van der Waals surface area (Å²) in [6.07, 6.45) is -0.352. The summed E-state index contributed by atoms with van der Waals surface area (Å²) in [7, 11) is -2.35. The van der Waals surface area contributed by atoms with Crippen LogP contribution in [0.15, 0.2) is 0 Å². The second kappa shape index (κ2) is 8.21. The molecule has 1 atom stereocenters. The molecule has 0 rings (SSSR count). The molecule has 0 aliphatic carbocycles. The van der Waals surface area contributed by atoms with Crippen LogP contribution >= 0.6 is 7.82 Å². The minimum absolute atomic E-state index is 0.0181. The quantitative estimate of drug-likeness (QED) is 0.483. The van der Waals surface area contributed by atoms with E-state index < -0.39 is 7.82 Å². The van der Waals surface area contributed by atoms with Gasteiger partial charge in [-0.15, -0.1) is 0 Å². The molecule has 0 radical (unpaired) electrons. The molecule has 0 heterocycles. The Morgan fingerprint density at radius 2 is 1.80 bits per heavy atom. The summed E-state index contributed by atoms with van der Waals surface area (Å²) in [5.74, 6) is 0. The van der Waals surface area contributed by atoms with Gasteiger partial charge in [0.15, 0.2) is 0 Å². The zero-order valence-electron chi connectivity index (χ0n) is 9.34. The van der Waals surface area contributed by atoms with Crippen molar-refractivity contribution in [3.63, 3.8) is 0 Å². The van der Waals surface area contributed by atoms with Crippen molar-refractivity contribution in [1.29, 1.82) is 0 Å². The van der Waals surface area contributed by atoms with Crippen molar-refractivity contribution >= 4 is 7.82 Å². The van der Waals surface area contributed by atoms with Gasteiger partial charge in [-0.1, -0.05) is 0 Å². The van der Waals surface area contributed by atoms with Crippen LogP contribution in [0.4, 0.5) is 0 Å². The molecule has 0 aromatic heterocycles. The van der Waals surface area contributed by atoms with Gasteiger partial charge in [0, 0.05) is 7.11 Å².